The third-order valence-corrected chi connectivity index (χ3v) is 3.09. The fourth-order valence-electron chi connectivity index (χ4n) is 1.13. The van der Waals surface area contributed by atoms with Crippen LogP contribution in [0.25, 0.3) is 0 Å². The summed E-state index contributed by atoms with van der Waals surface area (Å²) in [5.41, 5.74) is 5.56. The smallest absolute Gasteiger partial charge is 0.359 e. The number of rotatable bonds is 4. The average Bonchev–Trinajstić information content (AvgIpc) is 2.57. The lowest BCUT2D eigenvalue weighted by molar-refractivity contribution is 0.0230. The lowest BCUT2D eigenvalue weighted by atomic mass is 10.1. The van der Waals surface area contributed by atoms with Crippen LogP contribution in [0.15, 0.2) is 0 Å². The van der Waals surface area contributed by atoms with Crippen LogP contribution in [0.5, 0.6) is 0 Å². The van der Waals surface area contributed by atoms with Crippen LogP contribution in [0.3, 0.4) is 0 Å². The van der Waals surface area contributed by atoms with Crippen molar-refractivity contribution >= 4 is 22.3 Å². The third-order valence-electron chi connectivity index (χ3n) is 2.21. The molecule has 6 heteroatoms. The monoisotopic (exact) mass is 244 g/mol. The molecule has 0 saturated carbocycles. The van der Waals surface area contributed by atoms with Crippen LogP contribution in [-0.2, 0) is 15.9 Å². The molecule has 1 aromatic rings. The third kappa shape index (κ3) is 2.93. The first-order valence-electron chi connectivity index (χ1n) is 4.78. The second kappa shape index (κ2) is 4.80. The molecule has 0 aromatic carbocycles. The van der Waals surface area contributed by atoms with Crippen LogP contribution in [0.2, 0.25) is 0 Å². The maximum atomic E-state index is 11.3. The Hall–Kier alpha value is -1.14. The Morgan fingerprint density at radius 2 is 2.12 bits per heavy atom. The molecule has 0 aliphatic heterocycles. The molecule has 16 heavy (non-hydrogen) atoms. The second-order valence-electron chi connectivity index (χ2n) is 3.95. The summed E-state index contributed by atoms with van der Waals surface area (Å²) in [4.78, 5) is 15.4. The first kappa shape index (κ1) is 12.9. The zero-order valence-electron chi connectivity index (χ0n) is 9.86. The Kier molecular flexibility index (Phi) is 3.88. The standard InChI is InChI=1S/C10H16N2O3S/c1-10(2,15-4)5-6-12-7(8(11)16-6)9(13)14-3/h5,11H2,1-4H3. The highest BCUT2D eigenvalue weighted by Gasteiger charge is 2.23. The van der Waals surface area contributed by atoms with E-state index in [-0.39, 0.29) is 11.3 Å². The van der Waals surface area contributed by atoms with E-state index < -0.39 is 5.97 Å². The topological polar surface area (TPSA) is 74.4 Å². The predicted molar refractivity (Wildman–Crippen MR) is 62.7 cm³/mol. The average molecular weight is 244 g/mol. The maximum Gasteiger partial charge on any atom is 0.359 e. The van der Waals surface area contributed by atoms with Gasteiger partial charge in [-0.05, 0) is 13.8 Å². The highest BCUT2D eigenvalue weighted by Crippen LogP contribution is 2.26. The minimum Gasteiger partial charge on any atom is -0.464 e. The van der Waals surface area contributed by atoms with Crippen molar-refractivity contribution in [3.8, 4) is 0 Å². The van der Waals surface area contributed by atoms with Crippen LogP contribution in [0.4, 0.5) is 5.00 Å². The van der Waals surface area contributed by atoms with Gasteiger partial charge in [0.1, 0.15) is 5.00 Å². The largest absolute Gasteiger partial charge is 0.464 e. The molecule has 2 N–H and O–H groups in total. The summed E-state index contributed by atoms with van der Waals surface area (Å²) in [7, 11) is 2.94. The first-order chi connectivity index (χ1) is 7.39. The van der Waals surface area contributed by atoms with E-state index in [1.54, 1.807) is 7.11 Å². The Labute approximate surface area is 98.6 Å². The molecule has 1 rings (SSSR count). The number of nitrogens with zero attached hydrogens (tertiary/aromatic N) is 1. The SMILES string of the molecule is COC(=O)c1nc(CC(C)(C)OC)sc1N. The van der Waals surface area contributed by atoms with Gasteiger partial charge < -0.3 is 15.2 Å². The number of aromatic nitrogens is 1. The zero-order chi connectivity index (χ0) is 12.3. The number of carbonyl (C=O) groups is 1. The molecule has 0 atom stereocenters. The van der Waals surface area contributed by atoms with Gasteiger partial charge in [0.05, 0.1) is 17.7 Å². The van der Waals surface area contributed by atoms with Crippen molar-refractivity contribution in [2.24, 2.45) is 0 Å². The molecule has 0 aliphatic carbocycles. The molecule has 0 aliphatic rings. The molecule has 1 heterocycles. The van der Waals surface area contributed by atoms with Crippen molar-refractivity contribution in [3.05, 3.63) is 10.7 Å². The first-order valence-corrected chi connectivity index (χ1v) is 5.60. The van der Waals surface area contributed by atoms with E-state index in [2.05, 4.69) is 9.72 Å². The Bertz CT molecular complexity index is 387. The normalized spacial score (nSPS) is 11.5. The summed E-state index contributed by atoms with van der Waals surface area (Å²) in [6.07, 6.45) is 0.607. The minimum absolute atomic E-state index is 0.189. The van der Waals surface area contributed by atoms with E-state index in [1.807, 2.05) is 13.8 Å². The van der Waals surface area contributed by atoms with Crippen LogP contribution in [-0.4, -0.2) is 30.8 Å². The number of carbonyl (C=O) groups excluding carboxylic acids is 1. The van der Waals surface area contributed by atoms with Crippen molar-refractivity contribution in [3.63, 3.8) is 0 Å². The molecule has 1 aromatic heterocycles. The number of nitrogens with two attached hydrogens (primary N) is 1. The van der Waals surface area contributed by atoms with E-state index in [1.165, 1.54) is 18.4 Å². The van der Waals surface area contributed by atoms with E-state index >= 15 is 0 Å². The summed E-state index contributed by atoms with van der Waals surface area (Å²) in [6, 6.07) is 0. The second-order valence-corrected chi connectivity index (χ2v) is 5.07. The summed E-state index contributed by atoms with van der Waals surface area (Å²) in [5.74, 6) is -0.504. The summed E-state index contributed by atoms with van der Waals surface area (Å²) in [6.45, 7) is 3.89. The molecular weight excluding hydrogens is 228 g/mol. The van der Waals surface area contributed by atoms with Crippen molar-refractivity contribution in [1.29, 1.82) is 0 Å². The molecule has 0 bridgehead atoms. The fourth-order valence-corrected chi connectivity index (χ4v) is 2.17. The van der Waals surface area contributed by atoms with Crippen LogP contribution >= 0.6 is 11.3 Å². The zero-order valence-corrected chi connectivity index (χ0v) is 10.7. The lowest BCUT2D eigenvalue weighted by Gasteiger charge is -2.20. The van der Waals surface area contributed by atoms with Gasteiger partial charge in [-0.3, -0.25) is 0 Å². The number of anilines is 1. The summed E-state index contributed by atoms with van der Waals surface area (Å²) >= 11 is 1.29. The molecule has 0 fully saturated rings. The van der Waals surface area contributed by atoms with Gasteiger partial charge in [-0.2, -0.15) is 0 Å². The number of hydrogen-bond donors (Lipinski definition) is 1. The molecule has 0 radical (unpaired) electrons. The molecule has 0 unspecified atom stereocenters. The van der Waals surface area contributed by atoms with Gasteiger partial charge in [-0.25, -0.2) is 9.78 Å². The highest BCUT2D eigenvalue weighted by molar-refractivity contribution is 7.15. The van der Waals surface area contributed by atoms with Crippen molar-refractivity contribution in [2.45, 2.75) is 25.9 Å². The van der Waals surface area contributed by atoms with E-state index in [4.69, 9.17) is 10.5 Å². The fraction of sp³-hybridized carbons (Fsp3) is 0.600. The molecule has 0 spiro atoms. The molecule has 90 valence electrons. The number of esters is 1. The Balaban J connectivity index is 2.89. The number of ether oxygens (including phenoxy) is 2. The van der Waals surface area contributed by atoms with Crippen LogP contribution < -0.4 is 5.73 Å². The number of thiazole rings is 1. The van der Waals surface area contributed by atoms with Crippen molar-refractivity contribution < 1.29 is 14.3 Å². The molecular formula is C10H16N2O3S. The van der Waals surface area contributed by atoms with Gasteiger partial charge in [0.25, 0.3) is 0 Å². The van der Waals surface area contributed by atoms with Gasteiger partial charge in [0, 0.05) is 13.5 Å². The van der Waals surface area contributed by atoms with Gasteiger partial charge in [-0.15, -0.1) is 11.3 Å². The molecule has 5 nitrogen and oxygen atoms in total. The quantitative estimate of drug-likeness (QED) is 0.812. The van der Waals surface area contributed by atoms with Gasteiger partial charge in [-0.1, -0.05) is 0 Å². The van der Waals surface area contributed by atoms with Gasteiger partial charge in [0.2, 0.25) is 0 Å². The molecule has 0 amide bonds. The summed E-state index contributed by atoms with van der Waals surface area (Å²) < 4.78 is 9.87. The summed E-state index contributed by atoms with van der Waals surface area (Å²) in [5, 5.41) is 1.15. The number of hydrogen-bond acceptors (Lipinski definition) is 6. The van der Waals surface area contributed by atoms with Crippen LogP contribution in [0.1, 0.15) is 29.3 Å². The number of nitrogen functional groups attached to an aromatic ring is 1. The van der Waals surface area contributed by atoms with Crippen molar-refractivity contribution in [1.82, 2.24) is 4.98 Å². The van der Waals surface area contributed by atoms with E-state index in [9.17, 15) is 4.79 Å². The highest BCUT2D eigenvalue weighted by atomic mass is 32.1. The van der Waals surface area contributed by atoms with Gasteiger partial charge in [0.15, 0.2) is 5.69 Å². The molecule has 0 saturated heterocycles. The number of methoxy groups -OCH3 is 2. The predicted octanol–water partition coefficient (Wildman–Crippen LogP) is 1.48. The lowest BCUT2D eigenvalue weighted by Crippen LogP contribution is -2.25. The van der Waals surface area contributed by atoms with E-state index in [0.717, 1.165) is 5.01 Å². The minimum atomic E-state index is -0.504. The van der Waals surface area contributed by atoms with E-state index in [0.29, 0.717) is 11.4 Å². The van der Waals surface area contributed by atoms with Crippen LogP contribution in [0, 0.1) is 0 Å². The van der Waals surface area contributed by atoms with Crippen molar-refractivity contribution in [2.75, 3.05) is 20.0 Å². The Morgan fingerprint density at radius 3 is 2.62 bits per heavy atom. The Morgan fingerprint density at radius 1 is 1.50 bits per heavy atom. The van der Waals surface area contributed by atoms with Gasteiger partial charge >= 0.3 is 5.97 Å². The maximum absolute atomic E-state index is 11.3.